The Bertz CT molecular complexity index is 350. The van der Waals surface area contributed by atoms with Crippen molar-refractivity contribution in [1.82, 2.24) is 19.8 Å². The van der Waals surface area contributed by atoms with Crippen molar-refractivity contribution in [3.8, 4) is 0 Å². The number of rotatable bonds is 2. The van der Waals surface area contributed by atoms with Crippen molar-refractivity contribution in [2.45, 2.75) is 6.04 Å². The standard InChI is InChI=1S/C10H17N5O/c1-14-2-3-15(8(4-11)6-14)10(16)9-5-12-7-13-9/h5,7-8H,2-4,6,11H2,1H3,(H,12,13). The first-order valence-corrected chi connectivity index (χ1v) is 5.40. The summed E-state index contributed by atoms with van der Waals surface area (Å²) in [4.78, 5) is 22.8. The fourth-order valence-corrected chi connectivity index (χ4v) is 2.01. The maximum absolute atomic E-state index is 12.1. The van der Waals surface area contributed by atoms with E-state index in [0.717, 1.165) is 19.6 Å². The number of aromatic nitrogens is 2. The summed E-state index contributed by atoms with van der Waals surface area (Å²) in [5, 5.41) is 0. The average Bonchev–Trinajstić information content (AvgIpc) is 2.81. The molecule has 1 aromatic rings. The molecule has 0 radical (unpaired) electrons. The van der Waals surface area contributed by atoms with E-state index in [1.54, 1.807) is 6.20 Å². The molecule has 6 nitrogen and oxygen atoms in total. The van der Waals surface area contributed by atoms with Gasteiger partial charge in [-0.15, -0.1) is 0 Å². The largest absolute Gasteiger partial charge is 0.341 e. The van der Waals surface area contributed by atoms with Gasteiger partial charge in [-0.05, 0) is 7.05 Å². The molecule has 0 saturated carbocycles. The molecule has 2 rings (SSSR count). The summed E-state index contributed by atoms with van der Waals surface area (Å²) in [6.07, 6.45) is 3.06. The lowest BCUT2D eigenvalue weighted by Crippen LogP contribution is -2.56. The van der Waals surface area contributed by atoms with Gasteiger partial charge >= 0.3 is 0 Å². The summed E-state index contributed by atoms with van der Waals surface area (Å²) in [5.41, 5.74) is 6.23. The molecule has 0 bridgehead atoms. The van der Waals surface area contributed by atoms with Crippen LogP contribution in [-0.2, 0) is 0 Å². The molecule has 1 aliphatic heterocycles. The Kier molecular flexibility index (Phi) is 3.21. The molecule has 1 saturated heterocycles. The van der Waals surface area contributed by atoms with Gasteiger partial charge in [-0.3, -0.25) is 4.79 Å². The van der Waals surface area contributed by atoms with Gasteiger partial charge in [0, 0.05) is 26.2 Å². The van der Waals surface area contributed by atoms with Crippen LogP contribution in [-0.4, -0.2) is 64.9 Å². The monoisotopic (exact) mass is 223 g/mol. The van der Waals surface area contributed by atoms with E-state index in [1.165, 1.54) is 6.33 Å². The Labute approximate surface area is 94.4 Å². The molecule has 0 aliphatic carbocycles. The van der Waals surface area contributed by atoms with Crippen LogP contribution in [0.15, 0.2) is 12.5 Å². The van der Waals surface area contributed by atoms with Gasteiger partial charge < -0.3 is 20.5 Å². The number of aromatic amines is 1. The van der Waals surface area contributed by atoms with Crippen LogP contribution >= 0.6 is 0 Å². The minimum atomic E-state index is -0.0129. The number of hydrogen-bond acceptors (Lipinski definition) is 4. The Balaban J connectivity index is 2.10. The molecule has 1 atom stereocenters. The van der Waals surface area contributed by atoms with Crippen molar-refractivity contribution in [1.29, 1.82) is 0 Å². The molecule has 6 heteroatoms. The SMILES string of the molecule is CN1CCN(C(=O)c2cnc[nH]2)C(CN)C1. The molecule has 1 aromatic heterocycles. The second kappa shape index (κ2) is 4.63. The van der Waals surface area contributed by atoms with Gasteiger partial charge in [0.25, 0.3) is 5.91 Å². The van der Waals surface area contributed by atoms with E-state index in [1.807, 2.05) is 11.9 Å². The number of amides is 1. The number of carbonyl (C=O) groups excluding carboxylic acids is 1. The molecule has 1 aliphatic rings. The maximum Gasteiger partial charge on any atom is 0.272 e. The highest BCUT2D eigenvalue weighted by atomic mass is 16.2. The lowest BCUT2D eigenvalue weighted by atomic mass is 10.1. The van der Waals surface area contributed by atoms with Crippen molar-refractivity contribution in [2.24, 2.45) is 5.73 Å². The first-order chi connectivity index (χ1) is 7.72. The number of piperazine rings is 1. The third-order valence-corrected chi connectivity index (χ3v) is 2.95. The molecule has 16 heavy (non-hydrogen) atoms. The molecule has 1 fully saturated rings. The van der Waals surface area contributed by atoms with Gasteiger partial charge in [0.15, 0.2) is 0 Å². The lowest BCUT2D eigenvalue weighted by Gasteiger charge is -2.39. The van der Waals surface area contributed by atoms with Crippen LogP contribution in [0, 0.1) is 0 Å². The lowest BCUT2D eigenvalue weighted by molar-refractivity contribution is 0.0511. The van der Waals surface area contributed by atoms with Gasteiger partial charge in [-0.25, -0.2) is 4.98 Å². The zero-order chi connectivity index (χ0) is 11.5. The number of H-pyrrole nitrogens is 1. The summed E-state index contributed by atoms with van der Waals surface area (Å²) < 4.78 is 0. The third-order valence-electron chi connectivity index (χ3n) is 2.95. The van der Waals surface area contributed by atoms with E-state index >= 15 is 0 Å². The van der Waals surface area contributed by atoms with Gasteiger partial charge in [0.05, 0.1) is 18.6 Å². The minimum Gasteiger partial charge on any atom is -0.341 e. The van der Waals surface area contributed by atoms with Crippen molar-refractivity contribution in [3.05, 3.63) is 18.2 Å². The number of imidazole rings is 1. The van der Waals surface area contributed by atoms with E-state index in [2.05, 4.69) is 14.9 Å². The first-order valence-electron chi connectivity index (χ1n) is 5.40. The van der Waals surface area contributed by atoms with Gasteiger partial charge in [-0.1, -0.05) is 0 Å². The molecular formula is C10H17N5O. The molecular weight excluding hydrogens is 206 g/mol. The Morgan fingerprint density at radius 1 is 1.69 bits per heavy atom. The van der Waals surface area contributed by atoms with Crippen molar-refractivity contribution in [3.63, 3.8) is 0 Å². The Hall–Kier alpha value is -1.40. The third kappa shape index (κ3) is 2.07. The van der Waals surface area contributed by atoms with Crippen molar-refractivity contribution < 1.29 is 4.79 Å². The average molecular weight is 223 g/mol. The maximum atomic E-state index is 12.1. The minimum absolute atomic E-state index is 0.0129. The summed E-state index contributed by atoms with van der Waals surface area (Å²) in [6.45, 7) is 2.92. The van der Waals surface area contributed by atoms with E-state index in [-0.39, 0.29) is 11.9 Å². The summed E-state index contributed by atoms with van der Waals surface area (Å²) in [7, 11) is 2.04. The van der Waals surface area contributed by atoms with Crippen LogP contribution < -0.4 is 5.73 Å². The molecule has 88 valence electrons. The smallest absolute Gasteiger partial charge is 0.272 e. The topological polar surface area (TPSA) is 78.2 Å². The van der Waals surface area contributed by atoms with Crippen LogP contribution in [0.4, 0.5) is 0 Å². The van der Waals surface area contributed by atoms with Gasteiger partial charge in [0.2, 0.25) is 0 Å². The zero-order valence-electron chi connectivity index (χ0n) is 9.39. The second-order valence-corrected chi connectivity index (χ2v) is 4.12. The number of hydrogen-bond donors (Lipinski definition) is 2. The predicted octanol–water partition coefficient (Wildman–Crippen LogP) is -0.875. The van der Waals surface area contributed by atoms with E-state index in [4.69, 9.17) is 5.73 Å². The first kappa shape index (κ1) is 11.1. The van der Waals surface area contributed by atoms with Gasteiger partial charge in [-0.2, -0.15) is 0 Å². The number of carbonyl (C=O) groups is 1. The highest BCUT2D eigenvalue weighted by Gasteiger charge is 2.29. The molecule has 1 amide bonds. The molecule has 2 heterocycles. The summed E-state index contributed by atoms with van der Waals surface area (Å²) in [5.74, 6) is -0.0129. The second-order valence-electron chi connectivity index (χ2n) is 4.12. The fraction of sp³-hybridized carbons (Fsp3) is 0.600. The molecule has 1 unspecified atom stereocenters. The molecule has 0 spiro atoms. The Morgan fingerprint density at radius 2 is 2.50 bits per heavy atom. The molecule has 3 N–H and O–H groups in total. The van der Waals surface area contributed by atoms with Crippen LogP contribution in [0.3, 0.4) is 0 Å². The number of nitrogens with one attached hydrogen (secondary N) is 1. The number of nitrogens with zero attached hydrogens (tertiary/aromatic N) is 3. The van der Waals surface area contributed by atoms with Crippen LogP contribution in [0.5, 0.6) is 0 Å². The van der Waals surface area contributed by atoms with Crippen LogP contribution in [0.25, 0.3) is 0 Å². The number of likely N-dealkylation sites (N-methyl/N-ethyl adjacent to an activating group) is 1. The summed E-state index contributed by atoms with van der Waals surface area (Å²) >= 11 is 0. The fourth-order valence-electron chi connectivity index (χ4n) is 2.01. The Morgan fingerprint density at radius 3 is 3.12 bits per heavy atom. The van der Waals surface area contributed by atoms with Crippen LogP contribution in [0.1, 0.15) is 10.5 Å². The quantitative estimate of drug-likeness (QED) is 0.683. The van der Waals surface area contributed by atoms with Crippen molar-refractivity contribution >= 4 is 5.91 Å². The molecule has 0 aromatic carbocycles. The predicted molar refractivity (Wildman–Crippen MR) is 60.0 cm³/mol. The van der Waals surface area contributed by atoms with E-state index in [0.29, 0.717) is 12.2 Å². The van der Waals surface area contributed by atoms with E-state index in [9.17, 15) is 4.79 Å². The van der Waals surface area contributed by atoms with Gasteiger partial charge in [0.1, 0.15) is 5.69 Å². The zero-order valence-corrected chi connectivity index (χ0v) is 9.39. The van der Waals surface area contributed by atoms with Crippen LogP contribution in [0.2, 0.25) is 0 Å². The highest BCUT2D eigenvalue weighted by molar-refractivity contribution is 5.92. The normalized spacial score (nSPS) is 22.4. The van der Waals surface area contributed by atoms with Crippen molar-refractivity contribution in [2.75, 3.05) is 33.2 Å². The summed E-state index contributed by atoms with van der Waals surface area (Å²) in [6, 6.07) is 0.0922. The highest BCUT2D eigenvalue weighted by Crippen LogP contribution is 2.11. The number of nitrogens with two attached hydrogens (primary N) is 1. The van der Waals surface area contributed by atoms with E-state index < -0.39 is 0 Å².